The summed E-state index contributed by atoms with van der Waals surface area (Å²) in [7, 11) is 1.94. The first kappa shape index (κ1) is 14.0. The zero-order valence-corrected chi connectivity index (χ0v) is 12.1. The Balaban J connectivity index is 1.81. The first-order valence-electron chi connectivity index (χ1n) is 7.15. The van der Waals surface area contributed by atoms with Crippen molar-refractivity contribution in [2.24, 2.45) is 18.2 Å². The van der Waals surface area contributed by atoms with Gasteiger partial charge in [0.2, 0.25) is 5.91 Å². The van der Waals surface area contributed by atoms with E-state index in [2.05, 4.69) is 10.3 Å². The number of benzene rings is 1. The average molecular weight is 288 g/mol. The van der Waals surface area contributed by atoms with Crippen LogP contribution in [0.2, 0.25) is 0 Å². The van der Waals surface area contributed by atoms with E-state index in [-0.39, 0.29) is 5.91 Å². The van der Waals surface area contributed by atoms with Crippen molar-refractivity contribution in [1.29, 1.82) is 0 Å². The molecule has 1 aromatic carbocycles. The molecule has 2 heterocycles. The van der Waals surface area contributed by atoms with Gasteiger partial charge in [0.15, 0.2) is 0 Å². The van der Waals surface area contributed by atoms with Crippen LogP contribution in [0.4, 0.5) is 5.69 Å². The highest BCUT2D eigenvalue weighted by atomic mass is 16.5. The Morgan fingerprint density at radius 3 is 2.95 bits per heavy atom. The number of imidazole rings is 1. The van der Waals surface area contributed by atoms with Crippen molar-refractivity contribution in [3.8, 4) is 0 Å². The monoisotopic (exact) mass is 288 g/mol. The zero-order valence-electron chi connectivity index (χ0n) is 12.1. The van der Waals surface area contributed by atoms with Gasteiger partial charge in [-0.2, -0.15) is 0 Å². The van der Waals surface area contributed by atoms with E-state index in [0.29, 0.717) is 32.6 Å². The van der Waals surface area contributed by atoms with Crippen LogP contribution in [-0.4, -0.2) is 35.2 Å². The zero-order chi connectivity index (χ0) is 14.9. The molecule has 0 saturated carbocycles. The van der Waals surface area contributed by atoms with Crippen LogP contribution in [0.25, 0.3) is 11.0 Å². The molecule has 3 rings (SSSR count). The molecule has 0 spiro atoms. The van der Waals surface area contributed by atoms with Crippen molar-refractivity contribution in [2.45, 2.75) is 12.8 Å². The van der Waals surface area contributed by atoms with E-state index in [1.54, 1.807) is 6.33 Å². The standard InChI is InChI=1S/C15H20N4O2/c1-19-10-17-12-8-11(2-3-13(12)19)18-14(20)15(9-16)4-6-21-7-5-15/h2-3,8,10H,4-7,9,16H2,1H3,(H,18,20). The van der Waals surface area contributed by atoms with Gasteiger partial charge in [0, 0.05) is 32.5 Å². The van der Waals surface area contributed by atoms with Crippen LogP contribution < -0.4 is 11.1 Å². The Morgan fingerprint density at radius 1 is 1.48 bits per heavy atom. The number of rotatable bonds is 3. The van der Waals surface area contributed by atoms with Crippen molar-refractivity contribution in [3.63, 3.8) is 0 Å². The van der Waals surface area contributed by atoms with E-state index in [0.717, 1.165) is 16.7 Å². The fourth-order valence-corrected chi connectivity index (χ4v) is 2.76. The van der Waals surface area contributed by atoms with Crippen LogP contribution in [0.1, 0.15) is 12.8 Å². The Labute approximate surface area is 123 Å². The molecule has 1 amide bonds. The molecular weight excluding hydrogens is 268 g/mol. The van der Waals surface area contributed by atoms with Gasteiger partial charge in [-0.25, -0.2) is 4.98 Å². The van der Waals surface area contributed by atoms with Gasteiger partial charge in [-0.3, -0.25) is 4.79 Å². The summed E-state index contributed by atoms with van der Waals surface area (Å²) in [6.07, 6.45) is 3.10. The van der Waals surface area contributed by atoms with Crippen molar-refractivity contribution >= 4 is 22.6 Å². The van der Waals surface area contributed by atoms with Crippen molar-refractivity contribution in [3.05, 3.63) is 24.5 Å². The normalized spacial score (nSPS) is 17.8. The Morgan fingerprint density at radius 2 is 2.24 bits per heavy atom. The minimum Gasteiger partial charge on any atom is -0.381 e. The fraction of sp³-hybridized carbons (Fsp3) is 0.467. The van der Waals surface area contributed by atoms with Crippen LogP contribution in [0.15, 0.2) is 24.5 Å². The number of carbonyl (C=O) groups is 1. The second-order valence-corrected chi connectivity index (χ2v) is 5.61. The predicted molar refractivity (Wildman–Crippen MR) is 80.9 cm³/mol. The SMILES string of the molecule is Cn1cnc2cc(NC(=O)C3(CN)CCOCC3)ccc21. The lowest BCUT2D eigenvalue weighted by atomic mass is 9.79. The first-order valence-corrected chi connectivity index (χ1v) is 7.15. The van der Waals surface area contributed by atoms with Gasteiger partial charge in [-0.05, 0) is 31.0 Å². The van der Waals surface area contributed by atoms with Crippen molar-refractivity contribution in [1.82, 2.24) is 9.55 Å². The molecule has 1 aliphatic rings. The molecule has 6 heteroatoms. The van der Waals surface area contributed by atoms with Crippen LogP contribution >= 0.6 is 0 Å². The number of aryl methyl sites for hydroxylation is 1. The molecule has 2 aromatic rings. The van der Waals surface area contributed by atoms with Gasteiger partial charge < -0.3 is 20.4 Å². The van der Waals surface area contributed by atoms with Crippen LogP contribution in [0.3, 0.4) is 0 Å². The van der Waals surface area contributed by atoms with E-state index < -0.39 is 5.41 Å². The molecule has 1 aromatic heterocycles. The highest BCUT2D eigenvalue weighted by molar-refractivity contribution is 5.97. The summed E-state index contributed by atoms with van der Waals surface area (Å²) < 4.78 is 7.28. The summed E-state index contributed by atoms with van der Waals surface area (Å²) in [4.78, 5) is 16.9. The third kappa shape index (κ3) is 2.52. The second kappa shape index (κ2) is 5.46. The molecule has 1 saturated heterocycles. The van der Waals surface area contributed by atoms with E-state index >= 15 is 0 Å². The quantitative estimate of drug-likeness (QED) is 0.891. The molecule has 1 aliphatic heterocycles. The van der Waals surface area contributed by atoms with Gasteiger partial charge in [0.1, 0.15) is 0 Å². The topological polar surface area (TPSA) is 82.2 Å². The van der Waals surface area contributed by atoms with Gasteiger partial charge in [-0.1, -0.05) is 0 Å². The first-order chi connectivity index (χ1) is 10.1. The van der Waals surface area contributed by atoms with E-state index in [1.807, 2.05) is 29.8 Å². The largest absolute Gasteiger partial charge is 0.381 e. The molecule has 3 N–H and O–H groups in total. The number of fused-ring (bicyclic) bond motifs is 1. The number of anilines is 1. The van der Waals surface area contributed by atoms with E-state index in [1.165, 1.54) is 0 Å². The Kier molecular flexibility index (Phi) is 3.65. The van der Waals surface area contributed by atoms with Gasteiger partial charge in [0.05, 0.1) is 22.8 Å². The Bertz CT molecular complexity index is 659. The number of nitrogens with zero attached hydrogens (tertiary/aromatic N) is 2. The number of nitrogens with two attached hydrogens (primary N) is 1. The molecule has 0 unspecified atom stereocenters. The summed E-state index contributed by atoms with van der Waals surface area (Å²) in [6, 6.07) is 5.74. The molecule has 0 bridgehead atoms. The third-order valence-corrected chi connectivity index (χ3v) is 4.31. The smallest absolute Gasteiger partial charge is 0.232 e. The van der Waals surface area contributed by atoms with Crippen molar-refractivity contribution in [2.75, 3.05) is 25.1 Å². The minimum atomic E-state index is -0.517. The van der Waals surface area contributed by atoms with Crippen LogP contribution in [0, 0.1) is 5.41 Å². The molecule has 112 valence electrons. The highest BCUT2D eigenvalue weighted by Crippen LogP contribution is 2.31. The maximum atomic E-state index is 12.6. The van der Waals surface area contributed by atoms with E-state index in [9.17, 15) is 4.79 Å². The number of amides is 1. The minimum absolute atomic E-state index is 0.0245. The molecule has 6 nitrogen and oxygen atoms in total. The number of aromatic nitrogens is 2. The van der Waals surface area contributed by atoms with Crippen molar-refractivity contribution < 1.29 is 9.53 Å². The summed E-state index contributed by atoms with van der Waals surface area (Å²) in [5.74, 6) is -0.0245. The average Bonchev–Trinajstić information content (AvgIpc) is 2.89. The maximum Gasteiger partial charge on any atom is 0.232 e. The molecular formula is C15H20N4O2. The number of ether oxygens (including phenoxy) is 1. The lowest BCUT2D eigenvalue weighted by Crippen LogP contribution is -2.46. The summed E-state index contributed by atoms with van der Waals surface area (Å²) in [5, 5.41) is 2.98. The molecule has 1 fully saturated rings. The number of hydrogen-bond donors (Lipinski definition) is 2. The summed E-state index contributed by atoms with van der Waals surface area (Å²) in [5.41, 5.74) is 7.99. The maximum absolute atomic E-state index is 12.6. The molecule has 0 radical (unpaired) electrons. The Hall–Kier alpha value is -1.92. The van der Waals surface area contributed by atoms with Gasteiger partial charge in [0.25, 0.3) is 0 Å². The van der Waals surface area contributed by atoms with Gasteiger partial charge >= 0.3 is 0 Å². The van der Waals surface area contributed by atoms with Crippen LogP contribution in [-0.2, 0) is 16.6 Å². The number of carbonyl (C=O) groups excluding carboxylic acids is 1. The van der Waals surface area contributed by atoms with Crippen LogP contribution in [0.5, 0.6) is 0 Å². The lowest BCUT2D eigenvalue weighted by Gasteiger charge is -2.34. The van der Waals surface area contributed by atoms with E-state index in [4.69, 9.17) is 10.5 Å². The molecule has 0 aliphatic carbocycles. The highest BCUT2D eigenvalue weighted by Gasteiger charge is 2.38. The predicted octanol–water partition coefficient (Wildman–Crippen LogP) is 1.27. The van der Waals surface area contributed by atoms with Gasteiger partial charge in [-0.15, -0.1) is 0 Å². The number of nitrogens with one attached hydrogen (secondary N) is 1. The summed E-state index contributed by atoms with van der Waals surface area (Å²) >= 11 is 0. The number of hydrogen-bond acceptors (Lipinski definition) is 4. The lowest BCUT2D eigenvalue weighted by molar-refractivity contribution is -0.130. The fourth-order valence-electron chi connectivity index (χ4n) is 2.76. The molecule has 21 heavy (non-hydrogen) atoms. The summed E-state index contributed by atoms with van der Waals surface area (Å²) in [6.45, 7) is 1.52. The third-order valence-electron chi connectivity index (χ3n) is 4.31. The molecule has 0 atom stereocenters. The second-order valence-electron chi connectivity index (χ2n) is 5.61.